The van der Waals surface area contributed by atoms with E-state index in [1.54, 1.807) is 0 Å². The van der Waals surface area contributed by atoms with E-state index in [2.05, 4.69) is 19.2 Å². The monoisotopic (exact) mass is 211 g/mol. The Balaban J connectivity index is 1.72. The Kier molecular flexibility index (Phi) is 4.04. The minimum absolute atomic E-state index is 0.504. The first-order chi connectivity index (χ1) is 7.29. The van der Waals surface area contributed by atoms with Gasteiger partial charge in [-0.05, 0) is 44.9 Å². The molecular weight excluding hydrogens is 186 g/mol. The van der Waals surface area contributed by atoms with Crippen molar-refractivity contribution in [3.8, 4) is 0 Å². The van der Waals surface area contributed by atoms with E-state index < -0.39 is 0 Å². The van der Waals surface area contributed by atoms with E-state index in [-0.39, 0.29) is 0 Å². The summed E-state index contributed by atoms with van der Waals surface area (Å²) in [6.07, 6.45) is 8.41. The lowest BCUT2D eigenvalue weighted by Gasteiger charge is -2.37. The fourth-order valence-electron chi connectivity index (χ4n) is 2.76. The Morgan fingerprint density at radius 1 is 1.33 bits per heavy atom. The number of rotatable bonds is 4. The molecule has 0 bridgehead atoms. The predicted octanol–water partition coefficient (Wildman–Crippen LogP) is 2.72. The van der Waals surface area contributed by atoms with Crippen molar-refractivity contribution >= 4 is 0 Å². The molecule has 0 radical (unpaired) electrons. The molecule has 0 aromatic carbocycles. The molecule has 3 unspecified atom stereocenters. The van der Waals surface area contributed by atoms with Crippen LogP contribution in [0.25, 0.3) is 0 Å². The summed E-state index contributed by atoms with van der Waals surface area (Å²) in [5, 5.41) is 3.81. The molecule has 2 nitrogen and oxygen atoms in total. The van der Waals surface area contributed by atoms with Gasteiger partial charge >= 0.3 is 0 Å². The van der Waals surface area contributed by atoms with Gasteiger partial charge in [-0.2, -0.15) is 0 Å². The van der Waals surface area contributed by atoms with Crippen LogP contribution in [0.2, 0.25) is 0 Å². The van der Waals surface area contributed by atoms with Crippen LogP contribution in [0, 0.1) is 5.92 Å². The van der Waals surface area contributed by atoms with Crippen LogP contribution in [0.5, 0.6) is 0 Å². The molecule has 1 saturated heterocycles. The van der Waals surface area contributed by atoms with Crippen molar-refractivity contribution in [3.05, 3.63) is 0 Å². The van der Waals surface area contributed by atoms with Gasteiger partial charge in [0.2, 0.25) is 0 Å². The lowest BCUT2D eigenvalue weighted by molar-refractivity contribution is -0.00391. The quantitative estimate of drug-likeness (QED) is 0.772. The van der Waals surface area contributed by atoms with Crippen LogP contribution in [0.1, 0.15) is 52.4 Å². The number of hydrogen-bond acceptors (Lipinski definition) is 2. The maximum Gasteiger partial charge on any atom is 0.0587 e. The third-order valence-corrected chi connectivity index (χ3v) is 4.18. The zero-order valence-corrected chi connectivity index (χ0v) is 10.2. The maximum absolute atomic E-state index is 5.70. The van der Waals surface area contributed by atoms with Gasteiger partial charge in [0.15, 0.2) is 0 Å². The lowest BCUT2D eigenvalue weighted by atomic mass is 9.80. The van der Waals surface area contributed by atoms with E-state index in [1.807, 2.05) is 0 Å². The standard InChI is InChI=1S/C13H25NO/c1-3-13-9-12(7-8-15-13)14-10(2)11-5-4-6-11/h10-14H,3-9H2,1-2H3. The van der Waals surface area contributed by atoms with E-state index in [1.165, 1.54) is 32.1 Å². The van der Waals surface area contributed by atoms with E-state index in [9.17, 15) is 0 Å². The minimum Gasteiger partial charge on any atom is -0.378 e. The zero-order chi connectivity index (χ0) is 10.7. The third-order valence-electron chi connectivity index (χ3n) is 4.18. The van der Waals surface area contributed by atoms with Gasteiger partial charge in [-0.25, -0.2) is 0 Å². The number of nitrogens with one attached hydrogen (secondary N) is 1. The van der Waals surface area contributed by atoms with Crippen LogP contribution in [0.4, 0.5) is 0 Å². The SMILES string of the molecule is CCC1CC(NC(C)C2CCC2)CCO1. The van der Waals surface area contributed by atoms with Crippen molar-refractivity contribution in [1.82, 2.24) is 5.32 Å². The zero-order valence-electron chi connectivity index (χ0n) is 10.2. The maximum atomic E-state index is 5.70. The number of hydrogen-bond donors (Lipinski definition) is 1. The van der Waals surface area contributed by atoms with Gasteiger partial charge in [-0.3, -0.25) is 0 Å². The highest BCUT2D eigenvalue weighted by molar-refractivity contribution is 4.84. The summed E-state index contributed by atoms with van der Waals surface area (Å²) in [6.45, 7) is 5.54. The van der Waals surface area contributed by atoms with Crippen molar-refractivity contribution in [2.45, 2.75) is 70.6 Å². The Bertz CT molecular complexity index is 191. The molecule has 1 N–H and O–H groups in total. The third kappa shape index (κ3) is 2.94. The van der Waals surface area contributed by atoms with Gasteiger partial charge < -0.3 is 10.1 Å². The first-order valence-electron chi connectivity index (χ1n) is 6.67. The van der Waals surface area contributed by atoms with Crippen LogP contribution >= 0.6 is 0 Å². The first kappa shape index (κ1) is 11.4. The van der Waals surface area contributed by atoms with Gasteiger partial charge in [0.05, 0.1) is 6.10 Å². The summed E-state index contributed by atoms with van der Waals surface area (Å²) in [6, 6.07) is 1.43. The molecule has 2 aliphatic rings. The molecule has 1 heterocycles. The fraction of sp³-hybridized carbons (Fsp3) is 1.00. The second-order valence-corrected chi connectivity index (χ2v) is 5.27. The number of ether oxygens (including phenoxy) is 1. The van der Waals surface area contributed by atoms with Crippen molar-refractivity contribution < 1.29 is 4.74 Å². The fourth-order valence-corrected chi connectivity index (χ4v) is 2.76. The van der Waals surface area contributed by atoms with Crippen molar-refractivity contribution in [2.75, 3.05) is 6.61 Å². The molecule has 2 heteroatoms. The molecule has 2 rings (SSSR count). The molecule has 0 spiro atoms. The first-order valence-corrected chi connectivity index (χ1v) is 6.67. The van der Waals surface area contributed by atoms with Gasteiger partial charge in [0.1, 0.15) is 0 Å². The van der Waals surface area contributed by atoms with Crippen molar-refractivity contribution in [1.29, 1.82) is 0 Å². The van der Waals surface area contributed by atoms with Crippen LogP contribution < -0.4 is 5.32 Å². The summed E-state index contributed by atoms with van der Waals surface area (Å²) in [7, 11) is 0. The summed E-state index contributed by atoms with van der Waals surface area (Å²) in [5.41, 5.74) is 0. The van der Waals surface area contributed by atoms with Crippen LogP contribution in [0.3, 0.4) is 0 Å². The van der Waals surface area contributed by atoms with E-state index >= 15 is 0 Å². The molecule has 1 aliphatic carbocycles. The molecule has 15 heavy (non-hydrogen) atoms. The van der Waals surface area contributed by atoms with Crippen molar-refractivity contribution in [2.24, 2.45) is 5.92 Å². The normalized spacial score (nSPS) is 34.8. The van der Waals surface area contributed by atoms with Gasteiger partial charge in [0, 0.05) is 18.7 Å². The topological polar surface area (TPSA) is 21.3 Å². The smallest absolute Gasteiger partial charge is 0.0587 e. The molecule has 0 aromatic rings. The molecule has 0 aromatic heterocycles. The van der Waals surface area contributed by atoms with Crippen molar-refractivity contribution in [3.63, 3.8) is 0 Å². The van der Waals surface area contributed by atoms with Crippen LogP contribution in [0.15, 0.2) is 0 Å². The van der Waals surface area contributed by atoms with E-state index in [0.29, 0.717) is 12.1 Å². The Labute approximate surface area is 93.8 Å². The highest BCUT2D eigenvalue weighted by atomic mass is 16.5. The second-order valence-electron chi connectivity index (χ2n) is 5.27. The summed E-state index contributed by atoms with van der Waals surface area (Å²) >= 11 is 0. The molecule has 0 amide bonds. The molecule has 2 fully saturated rings. The van der Waals surface area contributed by atoms with Gasteiger partial charge in [0.25, 0.3) is 0 Å². The molecule has 88 valence electrons. The largest absolute Gasteiger partial charge is 0.378 e. The summed E-state index contributed by atoms with van der Waals surface area (Å²) < 4.78 is 5.70. The van der Waals surface area contributed by atoms with Crippen LogP contribution in [-0.4, -0.2) is 24.8 Å². The second kappa shape index (κ2) is 5.31. The lowest BCUT2D eigenvalue weighted by Crippen LogP contribution is -2.46. The molecule has 1 saturated carbocycles. The molecular formula is C13H25NO. The van der Waals surface area contributed by atoms with E-state index in [0.717, 1.165) is 25.0 Å². The Morgan fingerprint density at radius 2 is 2.13 bits per heavy atom. The average Bonchev–Trinajstić information content (AvgIpc) is 2.15. The van der Waals surface area contributed by atoms with Gasteiger partial charge in [-0.15, -0.1) is 0 Å². The molecule has 1 aliphatic heterocycles. The minimum atomic E-state index is 0.504. The average molecular weight is 211 g/mol. The van der Waals surface area contributed by atoms with Gasteiger partial charge in [-0.1, -0.05) is 13.3 Å². The summed E-state index contributed by atoms with van der Waals surface area (Å²) in [4.78, 5) is 0. The van der Waals surface area contributed by atoms with E-state index in [4.69, 9.17) is 4.74 Å². The molecule has 3 atom stereocenters. The highest BCUT2D eigenvalue weighted by Gasteiger charge is 2.28. The predicted molar refractivity (Wildman–Crippen MR) is 63.0 cm³/mol. The summed E-state index contributed by atoms with van der Waals surface area (Å²) in [5.74, 6) is 0.952. The Hall–Kier alpha value is -0.0800. The highest BCUT2D eigenvalue weighted by Crippen LogP contribution is 2.30. The Morgan fingerprint density at radius 3 is 2.73 bits per heavy atom. The van der Waals surface area contributed by atoms with Crippen LogP contribution in [-0.2, 0) is 4.74 Å².